The predicted molar refractivity (Wildman–Crippen MR) is 34.3 cm³/mol. The Hall–Kier alpha value is -0.120. The number of hydrogen-bond donors (Lipinski definition) is 2. The molecule has 9 heavy (non-hydrogen) atoms. The summed E-state index contributed by atoms with van der Waals surface area (Å²) in [6.07, 6.45) is 0.156. The van der Waals surface area contributed by atoms with Gasteiger partial charge in [0.2, 0.25) is 0 Å². The Labute approximate surface area is 55.0 Å². The topological polar surface area (TPSA) is 41.5 Å². The van der Waals surface area contributed by atoms with Crippen LogP contribution in [0.4, 0.5) is 0 Å². The van der Waals surface area contributed by atoms with Gasteiger partial charge in [-0.3, -0.25) is 0 Å². The molecule has 0 aromatic carbocycles. The first-order valence-electron chi connectivity index (χ1n) is 3.30. The van der Waals surface area contributed by atoms with Crippen molar-refractivity contribution in [2.75, 3.05) is 19.8 Å². The molecule has 0 bridgehead atoms. The van der Waals surface area contributed by atoms with Crippen LogP contribution in [0.5, 0.6) is 0 Å². The second-order valence-corrected chi connectivity index (χ2v) is 2.32. The van der Waals surface area contributed by atoms with Crippen LogP contribution in [0, 0.1) is 0 Å². The van der Waals surface area contributed by atoms with Gasteiger partial charge >= 0.3 is 0 Å². The van der Waals surface area contributed by atoms with Crippen LogP contribution in [0.25, 0.3) is 0 Å². The van der Waals surface area contributed by atoms with Crippen LogP contribution in [0.1, 0.15) is 6.92 Å². The van der Waals surface area contributed by atoms with E-state index in [0.717, 1.165) is 13.2 Å². The fourth-order valence-corrected chi connectivity index (χ4v) is 0.984. The van der Waals surface area contributed by atoms with Crippen LogP contribution in [-0.4, -0.2) is 37.0 Å². The fourth-order valence-electron chi connectivity index (χ4n) is 0.984. The van der Waals surface area contributed by atoms with Gasteiger partial charge in [0.15, 0.2) is 0 Å². The monoisotopic (exact) mass is 131 g/mol. The van der Waals surface area contributed by atoms with Crippen LogP contribution in [0.3, 0.4) is 0 Å². The van der Waals surface area contributed by atoms with Gasteiger partial charge in [-0.2, -0.15) is 0 Å². The van der Waals surface area contributed by atoms with E-state index in [1.165, 1.54) is 0 Å². The maximum atomic E-state index is 8.72. The maximum absolute atomic E-state index is 8.72. The second-order valence-electron chi connectivity index (χ2n) is 2.32. The van der Waals surface area contributed by atoms with Crippen molar-refractivity contribution >= 4 is 0 Å². The molecule has 1 saturated heterocycles. The van der Waals surface area contributed by atoms with Gasteiger partial charge in [0.1, 0.15) is 0 Å². The van der Waals surface area contributed by atoms with Crippen molar-refractivity contribution in [1.82, 2.24) is 5.32 Å². The molecular weight excluding hydrogens is 118 g/mol. The van der Waals surface area contributed by atoms with E-state index in [4.69, 9.17) is 9.84 Å². The lowest BCUT2D eigenvalue weighted by atomic mass is 10.2. The van der Waals surface area contributed by atoms with Gasteiger partial charge in [-0.25, -0.2) is 0 Å². The third kappa shape index (κ3) is 1.64. The van der Waals surface area contributed by atoms with E-state index >= 15 is 0 Å². The largest absolute Gasteiger partial charge is 0.395 e. The molecule has 1 aliphatic heterocycles. The summed E-state index contributed by atoms with van der Waals surface area (Å²) in [5.74, 6) is 0. The van der Waals surface area contributed by atoms with Crippen molar-refractivity contribution in [1.29, 1.82) is 0 Å². The summed E-state index contributed by atoms with van der Waals surface area (Å²) >= 11 is 0. The molecule has 0 aromatic heterocycles. The van der Waals surface area contributed by atoms with Crippen molar-refractivity contribution in [3.8, 4) is 0 Å². The molecule has 2 N–H and O–H groups in total. The molecule has 1 heterocycles. The number of hydrogen-bond acceptors (Lipinski definition) is 3. The van der Waals surface area contributed by atoms with Crippen molar-refractivity contribution in [2.45, 2.75) is 19.1 Å². The van der Waals surface area contributed by atoms with Crippen LogP contribution in [-0.2, 0) is 4.74 Å². The number of aliphatic hydroxyl groups is 1. The first-order chi connectivity index (χ1) is 4.34. The standard InChI is InChI=1S/C6H13NO2/c1-5-6(4-8)7-2-3-9-5/h5-8H,2-4H2,1H3/t5-,6-/m0/s1. The summed E-state index contributed by atoms with van der Waals surface area (Å²) in [5, 5.41) is 11.9. The Kier molecular flexibility index (Phi) is 2.45. The lowest BCUT2D eigenvalue weighted by Crippen LogP contribution is -2.48. The number of aliphatic hydroxyl groups excluding tert-OH is 1. The Bertz CT molecular complexity index is 87.1. The Morgan fingerprint density at radius 2 is 2.56 bits per heavy atom. The highest BCUT2D eigenvalue weighted by Gasteiger charge is 2.19. The van der Waals surface area contributed by atoms with Gasteiger partial charge in [-0.1, -0.05) is 0 Å². The normalized spacial score (nSPS) is 36.7. The number of nitrogens with one attached hydrogen (secondary N) is 1. The molecule has 2 atom stereocenters. The molecule has 0 amide bonds. The lowest BCUT2D eigenvalue weighted by molar-refractivity contribution is -0.00795. The van der Waals surface area contributed by atoms with Crippen LogP contribution < -0.4 is 5.32 Å². The molecule has 1 rings (SSSR count). The molecule has 0 aliphatic carbocycles. The van der Waals surface area contributed by atoms with Crippen LogP contribution >= 0.6 is 0 Å². The summed E-state index contributed by atoms with van der Waals surface area (Å²) in [5.41, 5.74) is 0. The van der Waals surface area contributed by atoms with Gasteiger partial charge in [0.25, 0.3) is 0 Å². The Morgan fingerprint density at radius 1 is 1.78 bits per heavy atom. The summed E-state index contributed by atoms with van der Waals surface area (Å²) < 4.78 is 5.26. The van der Waals surface area contributed by atoms with E-state index in [-0.39, 0.29) is 18.8 Å². The van der Waals surface area contributed by atoms with E-state index in [1.807, 2.05) is 6.92 Å². The van der Waals surface area contributed by atoms with Gasteiger partial charge in [-0.05, 0) is 6.92 Å². The van der Waals surface area contributed by atoms with E-state index in [0.29, 0.717) is 0 Å². The predicted octanol–water partition coefficient (Wildman–Crippen LogP) is -0.644. The average Bonchev–Trinajstić information content (AvgIpc) is 1.89. The zero-order valence-electron chi connectivity index (χ0n) is 5.63. The van der Waals surface area contributed by atoms with Gasteiger partial charge in [-0.15, -0.1) is 0 Å². The second kappa shape index (κ2) is 3.15. The van der Waals surface area contributed by atoms with E-state index < -0.39 is 0 Å². The molecule has 0 unspecified atom stereocenters. The first-order valence-corrected chi connectivity index (χ1v) is 3.30. The molecular formula is C6H13NO2. The fraction of sp³-hybridized carbons (Fsp3) is 1.00. The number of ether oxygens (including phenoxy) is 1. The molecule has 3 nitrogen and oxygen atoms in total. The van der Waals surface area contributed by atoms with Crippen molar-refractivity contribution in [3.05, 3.63) is 0 Å². The van der Waals surface area contributed by atoms with Crippen LogP contribution in [0.2, 0.25) is 0 Å². The van der Waals surface area contributed by atoms with Gasteiger partial charge < -0.3 is 15.2 Å². The van der Waals surface area contributed by atoms with Crippen LogP contribution in [0.15, 0.2) is 0 Å². The molecule has 0 spiro atoms. The first kappa shape index (κ1) is 6.99. The lowest BCUT2D eigenvalue weighted by Gasteiger charge is -2.28. The molecule has 1 fully saturated rings. The quantitative estimate of drug-likeness (QED) is 0.497. The van der Waals surface area contributed by atoms with Crippen molar-refractivity contribution in [2.24, 2.45) is 0 Å². The average molecular weight is 131 g/mol. The van der Waals surface area contributed by atoms with Crippen molar-refractivity contribution < 1.29 is 9.84 Å². The van der Waals surface area contributed by atoms with E-state index in [1.54, 1.807) is 0 Å². The molecule has 54 valence electrons. The van der Waals surface area contributed by atoms with Crippen molar-refractivity contribution in [3.63, 3.8) is 0 Å². The highest BCUT2D eigenvalue weighted by molar-refractivity contribution is 4.75. The minimum atomic E-state index is 0.138. The number of morpholine rings is 1. The summed E-state index contributed by atoms with van der Waals surface area (Å²) in [6, 6.07) is 0.138. The highest BCUT2D eigenvalue weighted by atomic mass is 16.5. The highest BCUT2D eigenvalue weighted by Crippen LogP contribution is 2.01. The third-order valence-corrected chi connectivity index (χ3v) is 1.65. The zero-order chi connectivity index (χ0) is 6.69. The van der Waals surface area contributed by atoms with Gasteiger partial charge in [0.05, 0.1) is 25.4 Å². The molecule has 0 saturated carbocycles. The zero-order valence-corrected chi connectivity index (χ0v) is 5.63. The summed E-state index contributed by atoms with van der Waals surface area (Å²) in [7, 11) is 0. The summed E-state index contributed by atoms with van der Waals surface area (Å²) in [4.78, 5) is 0. The Balaban J connectivity index is 2.30. The van der Waals surface area contributed by atoms with Gasteiger partial charge in [0, 0.05) is 6.54 Å². The molecule has 0 radical (unpaired) electrons. The minimum absolute atomic E-state index is 0.138. The third-order valence-electron chi connectivity index (χ3n) is 1.65. The Morgan fingerprint density at radius 3 is 3.00 bits per heavy atom. The number of rotatable bonds is 1. The smallest absolute Gasteiger partial charge is 0.0723 e. The molecule has 0 aromatic rings. The van der Waals surface area contributed by atoms with E-state index in [9.17, 15) is 0 Å². The summed E-state index contributed by atoms with van der Waals surface area (Å²) in [6.45, 7) is 3.75. The SMILES string of the molecule is C[C@@H]1OCCN[C@H]1CO. The molecule has 1 aliphatic rings. The van der Waals surface area contributed by atoms with E-state index in [2.05, 4.69) is 5.32 Å². The maximum Gasteiger partial charge on any atom is 0.0723 e. The minimum Gasteiger partial charge on any atom is -0.395 e. The molecule has 3 heteroatoms.